The van der Waals surface area contributed by atoms with Crippen LogP contribution in [0.25, 0.3) is 0 Å². The molecule has 4 nitrogen and oxygen atoms in total. The molecule has 2 amide bonds. The molecule has 0 saturated heterocycles. The van der Waals surface area contributed by atoms with Gasteiger partial charge in [-0.3, -0.25) is 0 Å². The van der Waals surface area contributed by atoms with Gasteiger partial charge in [-0.05, 0) is 39.5 Å². The average Bonchev–Trinajstić information content (AvgIpc) is 2.84. The van der Waals surface area contributed by atoms with Gasteiger partial charge in [-0.2, -0.15) is 0 Å². The zero-order valence-corrected chi connectivity index (χ0v) is 9.13. The molecule has 0 heterocycles. The maximum Gasteiger partial charge on any atom is 0.315 e. The first-order valence-electron chi connectivity index (χ1n) is 5.17. The van der Waals surface area contributed by atoms with E-state index in [1.807, 2.05) is 20.8 Å². The summed E-state index contributed by atoms with van der Waals surface area (Å²) in [4.78, 5) is 11.4. The highest BCUT2D eigenvalue weighted by molar-refractivity contribution is 5.75. The van der Waals surface area contributed by atoms with E-state index in [1.165, 1.54) is 0 Å². The molecule has 0 aromatic rings. The number of aliphatic hydroxyl groups is 1. The lowest BCUT2D eigenvalue weighted by Crippen LogP contribution is -2.55. The fourth-order valence-electron chi connectivity index (χ4n) is 1.55. The van der Waals surface area contributed by atoms with Gasteiger partial charge in [0.1, 0.15) is 0 Å². The number of carbonyl (C=O) groups excluding carboxylic acids is 1. The van der Waals surface area contributed by atoms with Gasteiger partial charge in [-0.1, -0.05) is 0 Å². The molecule has 0 aromatic carbocycles. The number of urea groups is 1. The van der Waals surface area contributed by atoms with E-state index in [1.54, 1.807) is 0 Å². The molecule has 14 heavy (non-hydrogen) atoms. The van der Waals surface area contributed by atoms with E-state index < -0.39 is 5.54 Å². The van der Waals surface area contributed by atoms with Crippen LogP contribution in [0.1, 0.15) is 33.6 Å². The van der Waals surface area contributed by atoms with Gasteiger partial charge < -0.3 is 15.7 Å². The summed E-state index contributed by atoms with van der Waals surface area (Å²) in [6.07, 6.45) is 2.19. The highest BCUT2D eigenvalue weighted by Gasteiger charge is 2.42. The molecule has 1 unspecified atom stereocenters. The Labute approximate surface area is 85.1 Å². The van der Waals surface area contributed by atoms with E-state index in [4.69, 9.17) is 0 Å². The molecule has 0 aliphatic heterocycles. The van der Waals surface area contributed by atoms with Crippen molar-refractivity contribution in [2.24, 2.45) is 5.92 Å². The first-order chi connectivity index (χ1) is 6.48. The van der Waals surface area contributed by atoms with Gasteiger partial charge in [0.05, 0.1) is 12.1 Å². The van der Waals surface area contributed by atoms with Crippen molar-refractivity contribution in [1.29, 1.82) is 0 Å². The molecule has 1 fully saturated rings. The fourth-order valence-corrected chi connectivity index (χ4v) is 1.55. The SMILES string of the molecule is CC(C)NC(=O)NC(C)(CO)C1CC1. The summed E-state index contributed by atoms with van der Waals surface area (Å²) in [7, 11) is 0. The van der Waals surface area contributed by atoms with Crippen LogP contribution in [0.15, 0.2) is 0 Å². The Bertz CT molecular complexity index is 214. The lowest BCUT2D eigenvalue weighted by Gasteiger charge is -2.29. The third kappa shape index (κ3) is 2.87. The van der Waals surface area contributed by atoms with Gasteiger partial charge in [-0.15, -0.1) is 0 Å². The highest BCUT2D eigenvalue weighted by Crippen LogP contribution is 2.39. The van der Waals surface area contributed by atoms with Crippen LogP contribution in [0.3, 0.4) is 0 Å². The van der Waals surface area contributed by atoms with Crippen LogP contribution in [0.4, 0.5) is 4.79 Å². The van der Waals surface area contributed by atoms with Crippen LogP contribution in [-0.2, 0) is 0 Å². The van der Waals surface area contributed by atoms with Gasteiger partial charge in [0, 0.05) is 6.04 Å². The van der Waals surface area contributed by atoms with Crippen LogP contribution in [0, 0.1) is 5.92 Å². The number of hydrogen-bond acceptors (Lipinski definition) is 2. The lowest BCUT2D eigenvalue weighted by atomic mass is 9.97. The minimum absolute atomic E-state index is 0.00316. The summed E-state index contributed by atoms with van der Waals surface area (Å²) < 4.78 is 0. The summed E-state index contributed by atoms with van der Waals surface area (Å²) in [5.41, 5.74) is -0.445. The summed E-state index contributed by atoms with van der Waals surface area (Å²) in [5.74, 6) is 0.436. The second-order valence-electron chi connectivity index (χ2n) is 4.60. The molecule has 1 rings (SSSR count). The van der Waals surface area contributed by atoms with Crippen LogP contribution in [0.2, 0.25) is 0 Å². The van der Waals surface area contributed by atoms with Crippen molar-refractivity contribution < 1.29 is 9.90 Å². The van der Waals surface area contributed by atoms with Gasteiger partial charge in [0.25, 0.3) is 0 Å². The Hall–Kier alpha value is -0.770. The second-order valence-corrected chi connectivity index (χ2v) is 4.60. The van der Waals surface area contributed by atoms with Crippen molar-refractivity contribution in [2.45, 2.75) is 45.2 Å². The third-order valence-electron chi connectivity index (χ3n) is 2.63. The maximum absolute atomic E-state index is 11.4. The van der Waals surface area contributed by atoms with Crippen LogP contribution < -0.4 is 10.6 Å². The van der Waals surface area contributed by atoms with Crippen molar-refractivity contribution in [3.8, 4) is 0 Å². The number of rotatable bonds is 4. The minimum Gasteiger partial charge on any atom is -0.394 e. The molecule has 1 atom stereocenters. The summed E-state index contributed by atoms with van der Waals surface area (Å²) in [5, 5.41) is 14.8. The highest BCUT2D eigenvalue weighted by atomic mass is 16.3. The number of hydrogen-bond donors (Lipinski definition) is 3. The predicted octanol–water partition coefficient (Wildman–Crippen LogP) is 0.855. The molecule has 0 spiro atoms. The van der Waals surface area contributed by atoms with Crippen molar-refractivity contribution >= 4 is 6.03 Å². The predicted molar refractivity (Wildman–Crippen MR) is 55.0 cm³/mol. The quantitative estimate of drug-likeness (QED) is 0.630. The minimum atomic E-state index is -0.445. The summed E-state index contributed by atoms with van der Waals surface area (Å²) in [6.45, 7) is 5.72. The number of nitrogens with one attached hydrogen (secondary N) is 2. The van der Waals surface area contributed by atoms with Crippen molar-refractivity contribution in [3.05, 3.63) is 0 Å². The van der Waals surface area contributed by atoms with Gasteiger partial charge in [0.15, 0.2) is 0 Å². The molecule has 82 valence electrons. The largest absolute Gasteiger partial charge is 0.394 e. The standard InChI is InChI=1S/C10H20N2O2/c1-7(2)11-9(14)12-10(3,6-13)8-4-5-8/h7-8,13H,4-6H2,1-3H3,(H2,11,12,14). The topological polar surface area (TPSA) is 61.4 Å². The van der Waals surface area contributed by atoms with Gasteiger partial charge >= 0.3 is 6.03 Å². The number of amides is 2. The first kappa shape index (κ1) is 11.3. The van der Waals surface area contributed by atoms with E-state index in [0.29, 0.717) is 5.92 Å². The molecule has 3 N–H and O–H groups in total. The molecule has 1 aliphatic carbocycles. The monoisotopic (exact) mass is 200 g/mol. The fraction of sp³-hybridized carbons (Fsp3) is 0.900. The van der Waals surface area contributed by atoms with E-state index in [-0.39, 0.29) is 18.7 Å². The Morgan fingerprint density at radius 1 is 1.57 bits per heavy atom. The Morgan fingerprint density at radius 3 is 2.50 bits per heavy atom. The zero-order chi connectivity index (χ0) is 10.8. The normalized spacial score (nSPS) is 20.4. The van der Waals surface area contributed by atoms with Crippen LogP contribution >= 0.6 is 0 Å². The molecular weight excluding hydrogens is 180 g/mol. The molecular formula is C10H20N2O2. The molecule has 4 heteroatoms. The average molecular weight is 200 g/mol. The van der Waals surface area contributed by atoms with E-state index in [2.05, 4.69) is 10.6 Å². The summed E-state index contributed by atoms with van der Waals surface area (Å²) in [6, 6.07) is -0.0689. The van der Waals surface area contributed by atoms with Gasteiger partial charge in [-0.25, -0.2) is 4.79 Å². The summed E-state index contributed by atoms with van der Waals surface area (Å²) >= 11 is 0. The molecule has 0 aromatic heterocycles. The Balaban J connectivity index is 2.43. The molecule has 0 bridgehead atoms. The Kier molecular flexibility index (Phi) is 3.37. The lowest BCUT2D eigenvalue weighted by molar-refractivity contribution is 0.154. The second kappa shape index (κ2) is 4.17. The van der Waals surface area contributed by atoms with Crippen LogP contribution in [-0.4, -0.2) is 29.3 Å². The number of aliphatic hydroxyl groups excluding tert-OH is 1. The maximum atomic E-state index is 11.4. The zero-order valence-electron chi connectivity index (χ0n) is 9.13. The van der Waals surface area contributed by atoms with Crippen molar-refractivity contribution in [1.82, 2.24) is 10.6 Å². The molecule has 1 saturated carbocycles. The van der Waals surface area contributed by atoms with Crippen LogP contribution in [0.5, 0.6) is 0 Å². The smallest absolute Gasteiger partial charge is 0.315 e. The van der Waals surface area contributed by atoms with Gasteiger partial charge in [0.2, 0.25) is 0 Å². The van der Waals surface area contributed by atoms with E-state index in [9.17, 15) is 9.90 Å². The third-order valence-corrected chi connectivity index (χ3v) is 2.63. The first-order valence-corrected chi connectivity index (χ1v) is 5.17. The number of carbonyl (C=O) groups is 1. The van der Waals surface area contributed by atoms with Crippen molar-refractivity contribution in [2.75, 3.05) is 6.61 Å². The molecule has 0 radical (unpaired) electrons. The van der Waals surface area contributed by atoms with Crippen molar-refractivity contribution in [3.63, 3.8) is 0 Å². The van der Waals surface area contributed by atoms with E-state index in [0.717, 1.165) is 12.8 Å². The van der Waals surface area contributed by atoms with E-state index >= 15 is 0 Å². The molecule has 1 aliphatic rings. The Morgan fingerprint density at radius 2 is 2.14 bits per heavy atom.